The van der Waals surface area contributed by atoms with Gasteiger partial charge in [0.1, 0.15) is 0 Å². The van der Waals surface area contributed by atoms with Crippen LogP contribution in [0.4, 0.5) is 5.69 Å². The number of carbonyl (C=O) groups is 1. The lowest BCUT2D eigenvalue weighted by atomic mass is 10.2. The molecule has 0 amide bonds. The summed E-state index contributed by atoms with van der Waals surface area (Å²) in [6.45, 7) is 2.67. The van der Waals surface area contributed by atoms with E-state index >= 15 is 0 Å². The van der Waals surface area contributed by atoms with Crippen molar-refractivity contribution in [1.82, 2.24) is 9.78 Å². The summed E-state index contributed by atoms with van der Waals surface area (Å²) >= 11 is 0. The molecule has 0 bridgehead atoms. The van der Waals surface area contributed by atoms with Crippen molar-refractivity contribution in [3.05, 3.63) is 11.9 Å². The molecule has 0 saturated heterocycles. The third-order valence-corrected chi connectivity index (χ3v) is 2.18. The van der Waals surface area contributed by atoms with Crippen molar-refractivity contribution < 1.29 is 9.53 Å². The highest BCUT2D eigenvalue weighted by Gasteiger charge is 2.15. The number of unbranched alkanes of at least 4 members (excludes halogenated alkanes) is 2. The first kappa shape index (κ1) is 13.0. The Balaban J connectivity index is 2.56. The van der Waals surface area contributed by atoms with Crippen LogP contribution in [0.2, 0.25) is 0 Å². The van der Waals surface area contributed by atoms with Crippen molar-refractivity contribution in [2.45, 2.75) is 32.7 Å². The molecule has 0 aliphatic carbocycles. The average molecular weight is 236 g/mol. The smallest absolute Gasteiger partial charge is 0.361 e. The second-order valence-electron chi connectivity index (χ2n) is 3.53. The van der Waals surface area contributed by atoms with Crippen molar-refractivity contribution in [2.75, 3.05) is 12.3 Å². The van der Waals surface area contributed by atoms with E-state index in [9.17, 15) is 4.79 Å². The molecule has 1 rings (SSSR count). The van der Waals surface area contributed by atoms with Crippen LogP contribution in [0, 0.1) is 11.3 Å². The lowest BCUT2D eigenvalue weighted by molar-refractivity contribution is 0.0519. The molecule has 6 heteroatoms. The highest BCUT2D eigenvalue weighted by atomic mass is 16.5. The summed E-state index contributed by atoms with van der Waals surface area (Å²) in [6.07, 6.45) is 3.78. The number of nitriles is 1. The quantitative estimate of drug-likeness (QED) is 0.594. The van der Waals surface area contributed by atoms with E-state index in [2.05, 4.69) is 11.2 Å². The van der Waals surface area contributed by atoms with Crippen LogP contribution in [0.5, 0.6) is 0 Å². The molecule has 0 spiro atoms. The number of aromatic nitrogens is 2. The van der Waals surface area contributed by atoms with Crippen molar-refractivity contribution in [3.63, 3.8) is 0 Å². The molecule has 0 saturated carbocycles. The van der Waals surface area contributed by atoms with Crippen molar-refractivity contribution >= 4 is 11.7 Å². The predicted molar refractivity (Wildman–Crippen MR) is 62.1 cm³/mol. The zero-order valence-corrected chi connectivity index (χ0v) is 9.85. The molecule has 0 aromatic carbocycles. The number of anilines is 1. The molecule has 0 atom stereocenters. The van der Waals surface area contributed by atoms with Crippen LogP contribution in [-0.4, -0.2) is 22.4 Å². The topological polar surface area (TPSA) is 93.9 Å². The Labute approximate surface area is 100.0 Å². The average Bonchev–Trinajstić information content (AvgIpc) is 2.66. The van der Waals surface area contributed by atoms with E-state index in [1.165, 1.54) is 0 Å². The molecular weight excluding hydrogens is 220 g/mol. The summed E-state index contributed by atoms with van der Waals surface area (Å²) in [6, 6.07) is 2.08. The van der Waals surface area contributed by atoms with Gasteiger partial charge in [0.2, 0.25) is 0 Å². The Bertz CT molecular complexity index is 420. The molecule has 0 aliphatic heterocycles. The van der Waals surface area contributed by atoms with Gasteiger partial charge in [-0.25, -0.2) is 4.79 Å². The molecule has 2 N–H and O–H groups in total. The second-order valence-corrected chi connectivity index (χ2v) is 3.53. The molecule has 17 heavy (non-hydrogen) atoms. The summed E-state index contributed by atoms with van der Waals surface area (Å²) in [4.78, 5) is 11.4. The van der Waals surface area contributed by atoms with Gasteiger partial charge in [-0.1, -0.05) is 0 Å². The first-order chi connectivity index (χ1) is 8.19. The van der Waals surface area contributed by atoms with Gasteiger partial charge in [0.15, 0.2) is 5.69 Å². The summed E-state index contributed by atoms with van der Waals surface area (Å²) in [5.74, 6) is -0.499. The van der Waals surface area contributed by atoms with Crippen molar-refractivity contribution in [3.8, 4) is 6.07 Å². The molecule has 1 heterocycles. The molecule has 0 fully saturated rings. The molecular formula is C11H16N4O2. The van der Waals surface area contributed by atoms with Gasteiger partial charge in [-0.2, -0.15) is 10.4 Å². The van der Waals surface area contributed by atoms with Gasteiger partial charge in [-0.05, 0) is 19.8 Å². The zero-order valence-electron chi connectivity index (χ0n) is 9.85. The van der Waals surface area contributed by atoms with Crippen LogP contribution in [-0.2, 0) is 11.3 Å². The molecule has 0 aliphatic rings. The highest BCUT2D eigenvalue weighted by molar-refractivity contribution is 5.92. The monoisotopic (exact) mass is 236 g/mol. The minimum Gasteiger partial charge on any atom is -0.461 e. The summed E-state index contributed by atoms with van der Waals surface area (Å²) in [7, 11) is 0. The molecule has 92 valence electrons. The van der Waals surface area contributed by atoms with E-state index in [-0.39, 0.29) is 5.69 Å². The lowest BCUT2D eigenvalue weighted by Crippen LogP contribution is -2.08. The highest BCUT2D eigenvalue weighted by Crippen LogP contribution is 2.11. The molecule has 6 nitrogen and oxygen atoms in total. The maximum atomic E-state index is 11.4. The minimum absolute atomic E-state index is 0.159. The van der Waals surface area contributed by atoms with Gasteiger partial charge >= 0.3 is 5.97 Å². The van der Waals surface area contributed by atoms with Crippen molar-refractivity contribution in [2.24, 2.45) is 0 Å². The fourth-order valence-electron chi connectivity index (χ4n) is 1.39. The predicted octanol–water partition coefficient (Wildman–Crippen LogP) is 1.34. The van der Waals surface area contributed by atoms with Crippen molar-refractivity contribution in [1.29, 1.82) is 5.26 Å². The Kier molecular flexibility index (Phi) is 5.01. The Morgan fingerprint density at radius 1 is 1.65 bits per heavy atom. The SMILES string of the molecule is CCOC(=O)c1nn(CCCCC#N)cc1N. The summed E-state index contributed by atoms with van der Waals surface area (Å²) in [5, 5.41) is 12.5. The number of hydrogen-bond acceptors (Lipinski definition) is 5. The van der Waals surface area contributed by atoms with Crippen LogP contribution >= 0.6 is 0 Å². The van der Waals surface area contributed by atoms with Crippen LogP contribution < -0.4 is 5.73 Å². The summed E-state index contributed by atoms with van der Waals surface area (Å²) in [5.41, 5.74) is 6.15. The molecule has 0 unspecified atom stereocenters. The number of hydrogen-bond donors (Lipinski definition) is 1. The van der Waals surface area contributed by atoms with E-state index in [1.54, 1.807) is 17.8 Å². The van der Waals surface area contributed by atoms with Gasteiger partial charge in [0.05, 0.1) is 18.4 Å². The number of ether oxygens (including phenoxy) is 1. The van der Waals surface area contributed by atoms with Gasteiger partial charge in [-0.15, -0.1) is 0 Å². The first-order valence-electron chi connectivity index (χ1n) is 5.56. The number of nitrogens with zero attached hydrogens (tertiary/aromatic N) is 3. The van der Waals surface area contributed by atoms with Crippen LogP contribution in [0.15, 0.2) is 6.20 Å². The zero-order chi connectivity index (χ0) is 12.7. The number of rotatable bonds is 6. The third-order valence-electron chi connectivity index (χ3n) is 2.18. The summed E-state index contributed by atoms with van der Waals surface area (Å²) < 4.78 is 6.44. The second kappa shape index (κ2) is 6.53. The minimum atomic E-state index is -0.499. The number of nitrogen functional groups attached to an aromatic ring is 1. The van der Waals surface area contributed by atoms with E-state index in [0.717, 1.165) is 12.8 Å². The maximum Gasteiger partial charge on any atom is 0.361 e. The number of carbonyl (C=O) groups excluding carboxylic acids is 1. The standard InChI is InChI=1S/C11H16N4O2/c1-2-17-11(16)10-9(13)8-15(14-10)7-5-3-4-6-12/h8H,2-5,7,13H2,1H3. The lowest BCUT2D eigenvalue weighted by Gasteiger charge is -1.99. The third kappa shape index (κ3) is 3.79. The van der Waals surface area contributed by atoms with Gasteiger partial charge in [-0.3, -0.25) is 4.68 Å². The largest absolute Gasteiger partial charge is 0.461 e. The fraction of sp³-hybridized carbons (Fsp3) is 0.545. The maximum absolute atomic E-state index is 11.4. The van der Waals surface area contributed by atoms with Crippen LogP contribution in [0.1, 0.15) is 36.7 Å². The van der Waals surface area contributed by atoms with E-state index < -0.39 is 5.97 Å². The van der Waals surface area contributed by atoms with Gasteiger partial charge in [0.25, 0.3) is 0 Å². The van der Waals surface area contributed by atoms with Crippen LogP contribution in [0.25, 0.3) is 0 Å². The molecule has 0 radical (unpaired) electrons. The first-order valence-corrected chi connectivity index (χ1v) is 5.56. The van der Waals surface area contributed by atoms with E-state index in [0.29, 0.717) is 25.3 Å². The number of nitrogens with two attached hydrogens (primary N) is 1. The number of aryl methyl sites for hydroxylation is 1. The van der Waals surface area contributed by atoms with E-state index in [1.807, 2.05) is 0 Å². The fourth-order valence-corrected chi connectivity index (χ4v) is 1.39. The molecule has 1 aromatic heterocycles. The Morgan fingerprint density at radius 3 is 3.06 bits per heavy atom. The van der Waals surface area contributed by atoms with E-state index in [4.69, 9.17) is 15.7 Å². The van der Waals surface area contributed by atoms with Crippen LogP contribution in [0.3, 0.4) is 0 Å². The normalized spacial score (nSPS) is 9.88. The number of esters is 1. The Hall–Kier alpha value is -2.03. The molecule has 1 aromatic rings. The van der Waals surface area contributed by atoms with Gasteiger partial charge in [0, 0.05) is 19.2 Å². The van der Waals surface area contributed by atoms with Gasteiger partial charge < -0.3 is 10.5 Å². The Morgan fingerprint density at radius 2 is 2.41 bits per heavy atom.